The molecule has 6 aromatic carbocycles. The summed E-state index contributed by atoms with van der Waals surface area (Å²) in [7, 11) is 0. The van der Waals surface area contributed by atoms with E-state index in [4.69, 9.17) is 11.6 Å². The van der Waals surface area contributed by atoms with Crippen LogP contribution in [0.3, 0.4) is 0 Å². The molecule has 0 spiro atoms. The molecule has 0 N–H and O–H groups in total. The lowest BCUT2D eigenvalue weighted by atomic mass is 9.94. The molecule has 1 heteroatoms. The van der Waals surface area contributed by atoms with Gasteiger partial charge >= 0.3 is 0 Å². The molecule has 6 rings (SSSR count). The molecule has 0 atom stereocenters. The highest BCUT2D eigenvalue weighted by molar-refractivity contribution is 6.31. The molecule has 0 saturated heterocycles. The maximum atomic E-state index is 6.55. The Kier molecular flexibility index (Phi) is 6.42. The van der Waals surface area contributed by atoms with E-state index in [1.54, 1.807) is 0 Å². The van der Waals surface area contributed by atoms with Crippen LogP contribution in [-0.4, -0.2) is 0 Å². The lowest BCUT2D eigenvalue weighted by Crippen LogP contribution is -1.85. The molecule has 0 amide bonds. The van der Waals surface area contributed by atoms with E-state index in [9.17, 15) is 0 Å². The highest BCUT2D eigenvalue weighted by atomic mass is 35.5. The number of halogens is 1. The third kappa shape index (κ3) is 5.11. The first-order valence-electron chi connectivity index (χ1n) is 12.5. The lowest BCUT2D eigenvalue weighted by molar-refractivity contribution is 1.56. The summed E-state index contributed by atoms with van der Waals surface area (Å²) in [5.41, 5.74) is 11.8. The Morgan fingerprint density at radius 2 is 0.541 bits per heavy atom. The van der Waals surface area contributed by atoms with E-state index >= 15 is 0 Å². The summed E-state index contributed by atoms with van der Waals surface area (Å²) in [6, 6.07) is 53.4. The van der Waals surface area contributed by atoms with Crippen LogP contribution in [0.25, 0.3) is 55.6 Å². The maximum Gasteiger partial charge on any atom is 0.0418 e. The smallest absolute Gasteiger partial charge is 0.0418 e. The molecule has 176 valence electrons. The van der Waals surface area contributed by atoms with Gasteiger partial charge in [-0.2, -0.15) is 0 Å². The van der Waals surface area contributed by atoms with Crippen molar-refractivity contribution in [2.75, 3.05) is 0 Å². The molecule has 6 aromatic rings. The summed E-state index contributed by atoms with van der Waals surface area (Å²) < 4.78 is 0. The van der Waals surface area contributed by atoms with Gasteiger partial charge in [0.25, 0.3) is 0 Å². The van der Waals surface area contributed by atoms with Gasteiger partial charge in [0, 0.05) is 5.02 Å². The number of hydrogen-bond acceptors (Lipinski definition) is 0. The van der Waals surface area contributed by atoms with Gasteiger partial charge in [-0.3, -0.25) is 0 Å². The van der Waals surface area contributed by atoms with Gasteiger partial charge < -0.3 is 0 Å². The van der Waals surface area contributed by atoms with Crippen molar-refractivity contribution in [3.05, 3.63) is 157 Å². The van der Waals surface area contributed by atoms with Crippen LogP contribution in [0.15, 0.2) is 152 Å². The van der Waals surface area contributed by atoms with E-state index in [0.29, 0.717) is 0 Å². The minimum Gasteiger partial charge on any atom is -0.0843 e. The molecule has 0 aliphatic rings. The van der Waals surface area contributed by atoms with Crippen molar-refractivity contribution in [2.24, 2.45) is 0 Å². The average Bonchev–Trinajstić information content (AvgIpc) is 2.98. The van der Waals surface area contributed by atoms with Crippen molar-refractivity contribution < 1.29 is 0 Å². The van der Waals surface area contributed by atoms with Gasteiger partial charge in [0.2, 0.25) is 0 Å². The van der Waals surface area contributed by atoms with E-state index in [1.165, 1.54) is 33.4 Å². The van der Waals surface area contributed by atoms with Crippen LogP contribution < -0.4 is 0 Å². The third-order valence-electron chi connectivity index (χ3n) is 6.72. The first-order valence-corrected chi connectivity index (χ1v) is 12.8. The molecule has 0 aromatic heterocycles. The molecule has 0 bridgehead atoms. The maximum absolute atomic E-state index is 6.55. The fourth-order valence-electron chi connectivity index (χ4n) is 4.80. The van der Waals surface area contributed by atoms with Crippen LogP contribution in [0.4, 0.5) is 0 Å². The van der Waals surface area contributed by atoms with Gasteiger partial charge in [0.1, 0.15) is 0 Å². The van der Waals surface area contributed by atoms with Gasteiger partial charge in [-0.25, -0.2) is 0 Å². The van der Waals surface area contributed by atoms with Crippen LogP contribution in [0, 0.1) is 0 Å². The zero-order valence-electron chi connectivity index (χ0n) is 20.3. The van der Waals surface area contributed by atoms with Crippen molar-refractivity contribution in [2.45, 2.75) is 0 Å². The second-order valence-corrected chi connectivity index (χ2v) is 9.64. The molecule has 0 radical (unpaired) electrons. The third-order valence-corrected chi connectivity index (χ3v) is 6.94. The van der Waals surface area contributed by atoms with Crippen molar-refractivity contribution in [1.29, 1.82) is 0 Å². The Balaban J connectivity index is 1.32. The van der Waals surface area contributed by atoms with Crippen LogP contribution >= 0.6 is 11.6 Å². The first kappa shape index (κ1) is 23.0. The summed E-state index contributed by atoms with van der Waals surface area (Å²) in [5, 5.41) is 0.739. The first-order chi connectivity index (χ1) is 18.2. The zero-order valence-corrected chi connectivity index (χ0v) is 21.1. The largest absolute Gasteiger partial charge is 0.0843 e. The van der Waals surface area contributed by atoms with E-state index in [-0.39, 0.29) is 0 Å². The second-order valence-electron chi connectivity index (χ2n) is 9.20. The Bertz CT molecular complexity index is 1650. The fourth-order valence-corrected chi connectivity index (χ4v) is 5.03. The summed E-state index contributed by atoms with van der Waals surface area (Å²) in [4.78, 5) is 0. The van der Waals surface area contributed by atoms with Gasteiger partial charge in [-0.15, -0.1) is 0 Å². The van der Waals surface area contributed by atoms with E-state index in [2.05, 4.69) is 127 Å². The van der Waals surface area contributed by atoms with Crippen LogP contribution in [0.2, 0.25) is 5.02 Å². The molecule has 0 saturated carbocycles. The molecule has 0 aliphatic carbocycles. The molecule has 0 unspecified atom stereocenters. The van der Waals surface area contributed by atoms with E-state index in [1.807, 2.05) is 24.3 Å². The Morgan fingerprint density at radius 3 is 1.05 bits per heavy atom. The second kappa shape index (κ2) is 10.3. The fraction of sp³-hybridized carbons (Fsp3) is 0. The molecule has 37 heavy (non-hydrogen) atoms. The average molecular weight is 493 g/mol. The molecule has 0 nitrogen and oxygen atoms in total. The SMILES string of the molecule is Clc1cc(-c2ccccc2)cc(-c2cccc(-c3cccc(-c4ccc(-c5ccccc5)cc4)c3)c2)c1. The lowest BCUT2D eigenvalue weighted by Gasteiger charge is -2.11. The highest BCUT2D eigenvalue weighted by Gasteiger charge is 2.08. The molecule has 0 aliphatic heterocycles. The summed E-state index contributed by atoms with van der Waals surface area (Å²) >= 11 is 6.55. The quantitative estimate of drug-likeness (QED) is 0.224. The molecular formula is C36H25Cl. The Morgan fingerprint density at radius 1 is 0.243 bits per heavy atom. The Hall–Kier alpha value is -4.39. The molecule has 0 fully saturated rings. The van der Waals surface area contributed by atoms with Gasteiger partial charge in [-0.1, -0.05) is 133 Å². The minimum absolute atomic E-state index is 0.739. The van der Waals surface area contributed by atoms with Crippen molar-refractivity contribution in [3.63, 3.8) is 0 Å². The van der Waals surface area contributed by atoms with Crippen LogP contribution in [0.5, 0.6) is 0 Å². The van der Waals surface area contributed by atoms with Crippen molar-refractivity contribution >= 4 is 11.6 Å². The Labute approximate surface area is 223 Å². The highest BCUT2D eigenvalue weighted by Crippen LogP contribution is 2.34. The van der Waals surface area contributed by atoms with Crippen LogP contribution in [0.1, 0.15) is 0 Å². The monoisotopic (exact) mass is 492 g/mol. The number of benzene rings is 6. The molecular weight excluding hydrogens is 468 g/mol. The van der Waals surface area contributed by atoms with Crippen molar-refractivity contribution in [3.8, 4) is 55.6 Å². The summed E-state index contributed by atoms with van der Waals surface area (Å²) in [5.74, 6) is 0. The zero-order chi connectivity index (χ0) is 25.0. The number of rotatable bonds is 5. The van der Waals surface area contributed by atoms with E-state index in [0.717, 1.165) is 27.3 Å². The van der Waals surface area contributed by atoms with E-state index < -0.39 is 0 Å². The standard InChI is InChI=1S/C36H25Cl/c37-36-24-34(27-11-5-2-6-12-27)23-35(25-36)33-16-8-15-32(22-33)31-14-7-13-30(21-31)29-19-17-28(18-20-29)26-9-3-1-4-10-26/h1-25H. The molecule has 0 heterocycles. The van der Waals surface area contributed by atoms with Crippen LogP contribution in [-0.2, 0) is 0 Å². The number of hydrogen-bond donors (Lipinski definition) is 0. The van der Waals surface area contributed by atoms with Gasteiger partial charge in [0.05, 0.1) is 0 Å². The summed E-state index contributed by atoms with van der Waals surface area (Å²) in [6.45, 7) is 0. The van der Waals surface area contributed by atoms with Gasteiger partial charge in [0.15, 0.2) is 0 Å². The predicted octanol–water partition coefficient (Wildman–Crippen LogP) is 10.7. The van der Waals surface area contributed by atoms with Crippen molar-refractivity contribution in [1.82, 2.24) is 0 Å². The normalized spacial score (nSPS) is 10.8. The van der Waals surface area contributed by atoms with Gasteiger partial charge in [-0.05, 0) is 86.0 Å². The summed E-state index contributed by atoms with van der Waals surface area (Å²) in [6.07, 6.45) is 0. The minimum atomic E-state index is 0.739. The topological polar surface area (TPSA) is 0 Å². The predicted molar refractivity (Wildman–Crippen MR) is 159 cm³/mol.